The predicted molar refractivity (Wildman–Crippen MR) is 108 cm³/mol. The summed E-state index contributed by atoms with van der Waals surface area (Å²) in [5, 5.41) is 15.1. The first kappa shape index (κ1) is 20.7. The summed E-state index contributed by atoms with van der Waals surface area (Å²) in [7, 11) is 0. The highest BCUT2D eigenvalue weighted by molar-refractivity contribution is 6.00. The summed E-state index contributed by atoms with van der Waals surface area (Å²) in [4.78, 5) is 20.1. The number of fused-ring (bicyclic) bond motifs is 1. The largest absolute Gasteiger partial charge is 0.400 e. The van der Waals surface area contributed by atoms with Gasteiger partial charge in [-0.3, -0.25) is 10.4 Å². The molecule has 10 nitrogen and oxygen atoms in total. The molecule has 5 N–H and O–H groups in total. The van der Waals surface area contributed by atoms with Crippen molar-refractivity contribution in [2.75, 3.05) is 16.4 Å². The summed E-state index contributed by atoms with van der Waals surface area (Å²) in [6.07, 6.45) is -3.41. The van der Waals surface area contributed by atoms with Gasteiger partial charge in [0.05, 0.1) is 11.1 Å². The number of halogens is 4. The molecule has 1 aliphatic rings. The third kappa shape index (κ3) is 3.48. The van der Waals surface area contributed by atoms with Gasteiger partial charge in [0, 0.05) is 11.6 Å². The highest BCUT2D eigenvalue weighted by atomic mass is 19.4. The lowest BCUT2D eigenvalue weighted by Gasteiger charge is -2.15. The van der Waals surface area contributed by atoms with Gasteiger partial charge >= 0.3 is 12.2 Å². The fraction of sp³-hybridized carbons (Fsp3) is 0.211. The fourth-order valence-electron chi connectivity index (χ4n) is 3.49. The molecule has 1 saturated carbocycles. The molecule has 170 valence electrons. The van der Waals surface area contributed by atoms with Gasteiger partial charge in [0.15, 0.2) is 5.65 Å². The van der Waals surface area contributed by atoms with E-state index in [0.717, 1.165) is 12.1 Å². The molecule has 0 radical (unpaired) electrons. The maximum Gasteiger partial charge on any atom is 0.400 e. The molecule has 0 spiro atoms. The zero-order chi connectivity index (χ0) is 23.4. The molecule has 0 atom stereocenters. The predicted octanol–water partition coefficient (Wildman–Crippen LogP) is 3.97. The Kier molecular flexibility index (Phi) is 4.47. The van der Waals surface area contributed by atoms with Gasteiger partial charge < -0.3 is 15.6 Å². The molecular weight excluding hydrogens is 448 g/mol. The lowest BCUT2D eigenvalue weighted by molar-refractivity contribution is -0.161. The first-order valence-electron chi connectivity index (χ1n) is 9.54. The van der Waals surface area contributed by atoms with E-state index < -0.39 is 23.4 Å². The number of nitrogens with zero attached hydrogens (tertiary/aromatic N) is 4. The van der Waals surface area contributed by atoms with Crippen LogP contribution in [0.1, 0.15) is 18.5 Å². The number of carbonyl (C=O) groups is 1. The number of hydrogen-bond donors (Lipinski definition) is 4. The summed E-state index contributed by atoms with van der Waals surface area (Å²) in [5.74, 6) is -0.925. The molecule has 1 aromatic carbocycles. The van der Waals surface area contributed by atoms with E-state index in [-0.39, 0.29) is 35.9 Å². The quantitative estimate of drug-likeness (QED) is 0.336. The zero-order valence-electron chi connectivity index (χ0n) is 16.5. The van der Waals surface area contributed by atoms with Crippen molar-refractivity contribution in [3.63, 3.8) is 0 Å². The molecule has 4 aromatic rings. The van der Waals surface area contributed by atoms with Crippen LogP contribution in [0.2, 0.25) is 0 Å². The van der Waals surface area contributed by atoms with E-state index in [1.807, 2.05) is 0 Å². The van der Waals surface area contributed by atoms with Gasteiger partial charge in [-0.15, -0.1) is 0 Å². The molecule has 0 bridgehead atoms. The molecule has 0 saturated heterocycles. The number of H-pyrrole nitrogens is 1. The Morgan fingerprint density at radius 3 is 2.67 bits per heavy atom. The number of urea groups is 1. The number of carbonyl (C=O) groups excluding carboxylic acids is 1. The molecule has 33 heavy (non-hydrogen) atoms. The van der Waals surface area contributed by atoms with Gasteiger partial charge in [-0.1, -0.05) is 11.2 Å². The van der Waals surface area contributed by atoms with Crippen molar-refractivity contribution in [2.45, 2.75) is 24.4 Å². The maximum absolute atomic E-state index is 14.6. The number of rotatable bonds is 4. The maximum atomic E-state index is 14.6. The average Bonchev–Trinajstić information content (AvgIpc) is 3.26. The van der Waals surface area contributed by atoms with Crippen LogP contribution in [0.15, 0.2) is 35.1 Å². The fourth-order valence-corrected chi connectivity index (χ4v) is 3.49. The zero-order valence-corrected chi connectivity index (χ0v) is 16.5. The standard InChI is InChI=1S/C19H14F4N8O2/c20-9-5-8(14-13-15(24)25-7-26-16(13)30-29-14)1-2-10(9)27-17(32)28-12-6-11(31-33-12)18(3-4-18)19(21,22)23/h1-2,5-7H,3-4H2,(H2,27,28,32)(H3,24,25,26,29,30). The second-order valence-electron chi connectivity index (χ2n) is 7.48. The van der Waals surface area contributed by atoms with Gasteiger partial charge in [-0.05, 0) is 25.0 Å². The molecule has 1 fully saturated rings. The van der Waals surface area contributed by atoms with E-state index in [9.17, 15) is 22.4 Å². The molecular formula is C19H14F4N8O2. The topological polar surface area (TPSA) is 148 Å². The Morgan fingerprint density at radius 1 is 1.18 bits per heavy atom. The van der Waals surface area contributed by atoms with E-state index in [1.54, 1.807) is 0 Å². The summed E-state index contributed by atoms with van der Waals surface area (Å²) in [6, 6.07) is 4.00. The van der Waals surface area contributed by atoms with Gasteiger partial charge in [0.25, 0.3) is 0 Å². The van der Waals surface area contributed by atoms with Crippen molar-refractivity contribution in [2.24, 2.45) is 0 Å². The smallest absolute Gasteiger partial charge is 0.383 e. The lowest BCUT2D eigenvalue weighted by Crippen LogP contribution is -2.28. The molecule has 0 unspecified atom stereocenters. The van der Waals surface area contributed by atoms with E-state index >= 15 is 0 Å². The van der Waals surface area contributed by atoms with Crippen LogP contribution in [-0.2, 0) is 5.41 Å². The third-order valence-electron chi connectivity index (χ3n) is 5.41. The van der Waals surface area contributed by atoms with Crippen molar-refractivity contribution in [3.8, 4) is 11.3 Å². The van der Waals surface area contributed by atoms with Crippen molar-refractivity contribution in [3.05, 3.63) is 42.1 Å². The molecule has 14 heteroatoms. The summed E-state index contributed by atoms with van der Waals surface area (Å²) in [6.45, 7) is 0. The normalized spacial score (nSPS) is 14.9. The van der Waals surface area contributed by atoms with Crippen LogP contribution in [0, 0.1) is 5.82 Å². The molecule has 2 amide bonds. The third-order valence-corrected chi connectivity index (χ3v) is 5.41. The molecule has 5 rings (SSSR count). The molecule has 3 aromatic heterocycles. The van der Waals surface area contributed by atoms with Gasteiger partial charge in [0.1, 0.15) is 34.8 Å². The number of nitrogen functional groups attached to an aromatic ring is 1. The highest BCUT2D eigenvalue weighted by Gasteiger charge is 2.66. The van der Waals surface area contributed by atoms with Crippen LogP contribution in [0.3, 0.4) is 0 Å². The number of amides is 2. The Morgan fingerprint density at radius 2 is 1.97 bits per heavy atom. The first-order valence-corrected chi connectivity index (χ1v) is 9.54. The van der Waals surface area contributed by atoms with Crippen molar-refractivity contribution < 1.29 is 26.9 Å². The minimum absolute atomic E-state index is 0.102. The van der Waals surface area contributed by atoms with Crippen LogP contribution in [0.5, 0.6) is 0 Å². The second kappa shape index (κ2) is 7.15. The van der Waals surface area contributed by atoms with Crippen LogP contribution < -0.4 is 16.4 Å². The summed E-state index contributed by atoms with van der Waals surface area (Å²) in [5.41, 5.74) is 4.38. The monoisotopic (exact) mass is 462 g/mol. The second-order valence-corrected chi connectivity index (χ2v) is 7.48. The molecule has 0 aliphatic heterocycles. The number of anilines is 3. The van der Waals surface area contributed by atoms with Crippen LogP contribution in [-0.4, -0.2) is 37.5 Å². The summed E-state index contributed by atoms with van der Waals surface area (Å²) < 4.78 is 59.0. The summed E-state index contributed by atoms with van der Waals surface area (Å²) >= 11 is 0. The van der Waals surface area contributed by atoms with Crippen molar-refractivity contribution in [1.29, 1.82) is 0 Å². The number of alkyl halides is 3. The number of nitrogens with one attached hydrogen (secondary N) is 3. The van der Waals surface area contributed by atoms with Crippen LogP contribution in [0.25, 0.3) is 22.3 Å². The van der Waals surface area contributed by atoms with E-state index in [4.69, 9.17) is 10.3 Å². The van der Waals surface area contributed by atoms with E-state index in [1.165, 1.54) is 18.5 Å². The van der Waals surface area contributed by atoms with Gasteiger partial charge in [-0.25, -0.2) is 19.2 Å². The highest BCUT2D eigenvalue weighted by Crippen LogP contribution is 2.58. The average molecular weight is 462 g/mol. The lowest BCUT2D eigenvalue weighted by atomic mass is 10.0. The van der Waals surface area contributed by atoms with E-state index in [2.05, 4.69) is 36.0 Å². The Hall–Kier alpha value is -4.23. The minimum Gasteiger partial charge on any atom is -0.383 e. The minimum atomic E-state index is -4.47. The molecule has 3 heterocycles. The van der Waals surface area contributed by atoms with E-state index in [0.29, 0.717) is 22.3 Å². The molecule has 1 aliphatic carbocycles. The number of nitrogens with two attached hydrogens (primary N) is 1. The number of aromatic amines is 1. The number of aromatic nitrogens is 5. The van der Waals surface area contributed by atoms with Gasteiger partial charge in [0.2, 0.25) is 5.88 Å². The Labute approximate surface area is 181 Å². The Bertz CT molecular complexity index is 1380. The van der Waals surface area contributed by atoms with Crippen molar-refractivity contribution >= 4 is 34.5 Å². The van der Waals surface area contributed by atoms with Gasteiger partial charge in [-0.2, -0.15) is 18.3 Å². The van der Waals surface area contributed by atoms with Crippen LogP contribution >= 0.6 is 0 Å². The van der Waals surface area contributed by atoms with Crippen LogP contribution in [0.4, 0.5) is 39.7 Å². The number of benzene rings is 1. The number of hydrogen-bond acceptors (Lipinski definition) is 7. The first-order chi connectivity index (χ1) is 15.7. The SMILES string of the molecule is Nc1ncnc2[nH]nc(-c3ccc(NC(=O)Nc4cc(C5(C(F)(F)F)CC5)no4)c(F)c3)c12. The van der Waals surface area contributed by atoms with Crippen molar-refractivity contribution in [1.82, 2.24) is 25.3 Å². The Balaban J connectivity index is 1.31.